The predicted molar refractivity (Wildman–Crippen MR) is 70.6 cm³/mol. The van der Waals surface area contributed by atoms with Crippen molar-refractivity contribution in [1.82, 2.24) is 10.2 Å². The average molecular weight is 238 g/mol. The fourth-order valence-corrected chi connectivity index (χ4v) is 1.87. The van der Waals surface area contributed by atoms with E-state index in [0.717, 1.165) is 30.8 Å². The molecule has 1 aromatic carbocycles. The van der Waals surface area contributed by atoms with Gasteiger partial charge >= 0.3 is 0 Å². The van der Waals surface area contributed by atoms with E-state index in [1.165, 1.54) is 0 Å². The molecule has 1 atom stereocenters. The second kappa shape index (κ2) is 6.72. The molecular formula is C14H23FN2. The normalized spacial score (nSPS) is 13.1. The molecule has 2 nitrogen and oxygen atoms in total. The zero-order valence-electron chi connectivity index (χ0n) is 11.3. The third kappa shape index (κ3) is 5.29. The van der Waals surface area contributed by atoms with Crippen LogP contribution in [0.2, 0.25) is 0 Å². The number of aryl methyl sites for hydroxylation is 1. The van der Waals surface area contributed by atoms with Crippen LogP contribution in [-0.4, -0.2) is 31.1 Å². The van der Waals surface area contributed by atoms with Crippen LogP contribution in [0.3, 0.4) is 0 Å². The zero-order valence-corrected chi connectivity index (χ0v) is 11.3. The molecular weight excluding hydrogens is 215 g/mol. The Hall–Kier alpha value is -0.930. The lowest BCUT2D eigenvalue weighted by atomic mass is 10.1. The molecule has 0 aliphatic heterocycles. The molecule has 0 spiro atoms. The number of hydrogen-bond donors (Lipinski definition) is 1. The quantitative estimate of drug-likeness (QED) is 0.819. The van der Waals surface area contributed by atoms with E-state index in [-0.39, 0.29) is 5.82 Å². The van der Waals surface area contributed by atoms with E-state index < -0.39 is 0 Å². The van der Waals surface area contributed by atoms with E-state index in [0.29, 0.717) is 6.04 Å². The highest BCUT2D eigenvalue weighted by atomic mass is 19.1. The third-order valence-corrected chi connectivity index (χ3v) is 2.88. The monoisotopic (exact) mass is 238 g/mol. The van der Waals surface area contributed by atoms with Crippen LogP contribution in [0.4, 0.5) is 4.39 Å². The number of benzene rings is 1. The Morgan fingerprint density at radius 3 is 2.65 bits per heavy atom. The number of rotatable bonds is 6. The first-order valence-corrected chi connectivity index (χ1v) is 6.19. The van der Waals surface area contributed by atoms with Gasteiger partial charge in [0.15, 0.2) is 0 Å². The van der Waals surface area contributed by atoms with Gasteiger partial charge in [0.05, 0.1) is 0 Å². The molecule has 0 aromatic heterocycles. The molecule has 96 valence electrons. The van der Waals surface area contributed by atoms with Crippen molar-refractivity contribution in [1.29, 1.82) is 0 Å². The molecule has 1 rings (SSSR count). The molecule has 0 aliphatic carbocycles. The van der Waals surface area contributed by atoms with Crippen molar-refractivity contribution in [3.8, 4) is 0 Å². The molecule has 0 amide bonds. The summed E-state index contributed by atoms with van der Waals surface area (Å²) in [6.07, 6.45) is 0. The van der Waals surface area contributed by atoms with Crippen LogP contribution in [0.15, 0.2) is 18.2 Å². The maximum absolute atomic E-state index is 13.2. The van der Waals surface area contributed by atoms with E-state index >= 15 is 0 Å². The van der Waals surface area contributed by atoms with Gasteiger partial charge in [-0.3, -0.25) is 0 Å². The summed E-state index contributed by atoms with van der Waals surface area (Å²) in [7, 11) is 2.10. The SMILES string of the molecule is CCN(C)CC(C)NCc1cc(C)cc(F)c1. The Labute approximate surface area is 104 Å². The van der Waals surface area contributed by atoms with E-state index in [4.69, 9.17) is 0 Å². The second-order valence-corrected chi connectivity index (χ2v) is 4.77. The van der Waals surface area contributed by atoms with Crippen molar-refractivity contribution in [2.24, 2.45) is 0 Å². The number of likely N-dealkylation sites (N-methyl/N-ethyl adjacent to an activating group) is 1. The highest BCUT2D eigenvalue weighted by Crippen LogP contribution is 2.08. The van der Waals surface area contributed by atoms with Gasteiger partial charge in [0, 0.05) is 19.1 Å². The third-order valence-electron chi connectivity index (χ3n) is 2.88. The minimum Gasteiger partial charge on any atom is -0.309 e. The number of nitrogens with one attached hydrogen (secondary N) is 1. The van der Waals surface area contributed by atoms with Crippen LogP contribution in [0.5, 0.6) is 0 Å². The maximum atomic E-state index is 13.2. The van der Waals surface area contributed by atoms with E-state index in [1.54, 1.807) is 12.1 Å². The fourth-order valence-electron chi connectivity index (χ4n) is 1.87. The molecule has 0 saturated carbocycles. The lowest BCUT2D eigenvalue weighted by Gasteiger charge is -2.20. The van der Waals surface area contributed by atoms with Crippen molar-refractivity contribution in [3.05, 3.63) is 35.1 Å². The van der Waals surface area contributed by atoms with Crippen molar-refractivity contribution < 1.29 is 4.39 Å². The van der Waals surface area contributed by atoms with Gasteiger partial charge in [0.2, 0.25) is 0 Å². The minimum absolute atomic E-state index is 0.153. The first-order valence-electron chi connectivity index (χ1n) is 6.19. The largest absolute Gasteiger partial charge is 0.309 e. The molecule has 1 aromatic rings. The van der Waals surface area contributed by atoms with Gasteiger partial charge in [0.1, 0.15) is 5.82 Å². The van der Waals surface area contributed by atoms with Crippen LogP contribution in [0.1, 0.15) is 25.0 Å². The summed E-state index contributed by atoms with van der Waals surface area (Å²) in [5, 5.41) is 3.41. The van der Waals surface area contributed by atoms with Gasteiger partial charge in [-0.2, -0.15) is 0 Å². The van der Waals surface area contributed by atoms with Crippen molar-refractivity contribution in [2.45, 2.75) is 33.4 Å². The molecule has 1 unspecified atom stereocenters. The average Bonchev–Trinajstić information content (AvgIpc) is 2.25. The predicted octanol–water partition coefficient (Wildman–Crippen LogP) is 2.56. The van der Waals surface area contributed by atoms with Crippen LogP contribution in [-0.2, 0) is 6.54 Å². The number of hydrogen-bond acceptors (Lipinski definition) is 2. The Kier molecular flexibility index (Phi) is 5.59. The number of nitrogens with zero attached hydrogens (tertiary/aromatic N) is 1. The van der Waals surface area contributed by atoms with Crippen molar-refractivity contribution in [2.75, 3.05) is 20.1 Å². The molecule has 0 fully saturated rings. The topological polar surface area (TPSA) is 15.3 Å². The van der Waals surface area contributed by atoms with Crippen molar-refractivity contribution in [3.63, 3.8) is 0 Å². The Morgan fingerprint density at radius 1 is 1.35 bits per heavy atom. The highest BCUT2D eigenvalue weighted by molar-refractivity contribution is 5.23. The van der Waals surface area contributed by atoms with Crippen LogP contribution < -0.4 is 5.32 Å². The fraction of sp³-hybridized carbons (Fsp3) is 0.571. The summed E-state index contributed by atoms with van der Waals surface area (Å²) in [6.45, 7) is 8.98. The van der Waals surface area contributed by atoms with Gasteiger partial charge in [0.25, 0.3) is 0 Å². The standard InChI is InChI=1S/C14H23FN2/c1-5-17(4)10-12(3)16-9-13-6-11(2)7-14(15)8-13/h6-8,12,16H,5,9-10H2,1-4H3. The van der Waals surface area contributed by atoms with Gasteiger partial charge < -0.3 is 10.2 Å². The van der Waals surface area contributed by atoms with Crippen LogP contribution in [0, 0.1) is 12.7 Å². The summed E-state index contributed by atoms with van der Waals surface area (Å²) in [6, 6.07) is 5.57. The molecule has 0 bridgehead atoms. The second-order valence-electron chi connectivity index (χ2n) is 4.77. The first kappa shape index (κ1) is 14.1. The summed E-state index contributed by atoms with van der Waals surface area (Å²) in [5.41, 5.74) is 1.98. The maximum Gasteiger partial charge on any atom is 0.123 e. The van der Waals surface area contributed by atoms with Gasteiger partial charge in [-0.1, -0.05) is 13.0 Å². The molecule has 0 aliphatic rings. The molecule has 0 radical (unpaired) electrons. The first-order chi connectivity index (χ1) is 8.01. The lowest BCUT2D eigenvalue weighted by molar-refractivity contribution is 0.309. The molecule has 1 N–H and O–H groups in total. The Bertz CT molecular complexity index is 332. The smallest absolute Gasteiger partial charge is 0.123 e. The minimum atomic E-state index is -0.153. The van der Waals surface area contributed by atoms with Crippen LogP contribution >= 0.6 is 0 Å². The molecule has 0 saturated heterocycles. The molecule has 3 heteroatoms. The highest BCUT2D eigenvalue weighted by Gasteiger charge is 2.05. The van der Waals surface area contributed by atoms with E-state index in [2.05, 4.69) is 31.1 Å². The molecule has 0 heterocycles. The zero-order chi connectivity index (χ0) is 12.8. The van der Waals surface area contributed by atoms with E-state index in [1.807, 2.05) is 13.0 Å². The van der Waals surface area contributed by atoms with Crippen LogP contribution in [0.25, 0.3) is 0 Å². The molecule has 17 heavy (non-hydrogen) atoms. The summed E-state index contributed by atoms with van der Waals surface area (Å²) >= 11 is 0. The summed E-state index contributed by atoms with van der Waals surface area (Å²) < 4.78 is 13.2. The Morgan fingerprint density at radius 2 is 2.06 bits per heavy atom. The Balaban J connectivity index is 2.44. The summed E-state index contributed by atoms with van der Waals surface area (Å²) in [4.78, 5) is 2.26. The summed E-state index contributed by atoms with van der Waals surface area (Å²) in [5.74, 6) is -0.153. The van der Waals surface area contributed by atoms with E-state index in [9.17, 15) is 4.39 Å². The van der Waals surface area contributed by atoms with Gasteiger partial charge in [-0.25, -0.2) is 4.39 Å². The van der Waals surface area contributed by atoms with Crippen molar-refractivity contribution >= 4 is 0 Å². The van der Waals surface area contributed by atoms with Gasteiger partial charge in [-0.05, 0) is 50.7 Å². The van der Waals surface area contributed by atoms with Gasteiger partial charge in [-0.15, -0.1) is 0 Å². The lowest BCUT2D eigenvalue weighted by Crippen LogP contribution is -2.36. The number of halogens is 1.